The number of rotatable bonds is 13. The normalized spacial score (nSPS) is 21.7. The Hall–Kier alpha value is -1.97. The smallest absolute Gasteiger partial charge is 0.270 e. The molecule has 1 amide bonds. The van der Waals surface area contributed by atoms with Gasteiger partial charge in [0, 0.05) is 20.2 Å². The van der Waals surface area contributed by atoms with E-state index in [0.717, 1.165) is 25.2 Å². The van der Waals surface area contributed by atoms with E-state index in [2.05, 4.69) is 15.2 Å². The minimum Gasteiger partial charge on any atom is -0.476 e. The Morgan fingerprint density at radius 2 is 2.06 bits per heavy atom. The summed E-state index contributed by atoms with van der Waals surface area (Å²) in [6.45, 7) is 5.49. The van der Waals surface area contributed by atoms with Crippen molar-refractivity contribution in [1.82, 2.24) is 10.3 Å². The topological polar surface area (TPSA) is 93.2 Å². The third kappa shape index (κ3) is 6.51. The summed E-state index contributed by atoms with van der Waals surface area (Å²) >= 11 is 0. The number of aliphatic hydroxyl groups excluding tert-OH is 1. The lowest BCUT2D eigenvalue weighted by molar-refractivity contribution is 0.0475. The number of amides is 1. The first-order valence-electron chi connectivity index (χ1n) is 10.9. The van der Waals surface area contributed by atoms with E-state index in [-0.39, 0.29) is 30.4 Å². The summed E-state index contributed by atoms with van der Waals surface area (Å²) in [7, 11) is 1.69. The molecule has 31 heavy (non-hydrogen) atoms. The molecule has 1 aromatic heterocycles. The Kier molecular flexibility index (Phi) is 8.45. The molecule has 1 aliphatic carbocycles. The van der Waals surface area contributed by atoms with Crippen molar-refractivity contribution in [3.8, 4) is 5.88 Å². The number of alkyl halides is 1. The fourth-order valence-corrected chi connectivity index (χ4v) is 3.80. The summed E-state index contributed by atoms with van der Waals surface area (Å²) in [5, 5.41) is 12.4. The molecule has 2 N–H and O–H groups in total. The van der Waals surface area contributed by atoms with Gasteiger partial charge in [-0.25, -0.2) is 9.37 Å². The number of pyridine rings is 1. The van der Waals surface area contributed by atoms with E-state index in [9.17, 15) is 14.3 Å². The van der Waals surface area contributed by atoms with Gasteiger partial charge in [0.05, 0.1) is 32.0 Å². The van der Waals surface area contributed by atoms with Gasteiger partial charge in [-0.15, -0.1) is 0 Å². The third-order valence-electron chi connectivity index (χ3n) is 5.82. The number of anilines is 1. The van der Waals surface area contributed by atoms with Crippen LogP contribution in [0.1, 0.15) is 37.2 Å². The summed E-state index contributed by atoms with van der Waals surface area (Å²) < 4.78 is 28.4. The first-order valence-corrected chi connectivity index (χ1v) is 10.9. The summed E-state index contributed by atoms with van der Waals surface area (Å²) in [4.78, 5) is 19.3. The van der Waals surface area contributed by atoms with Crippen LogP contribution in [-0.2, 0) is 9.47 Å². The first kappa shape index (κ1) is 23.7. The van der Waals surface area contributed by atoms with Crippen molar-refractivity contribution in [3.63, 3.8) is 0 Å². The van der Waals surface area contributed by atoms with Crippen LogP contribution in [0.15, 0.2) is 12.1 Å². The van der Waals surface area contributed by atoms with E-state index in [4.69, 9.17) is 14.2 Å². The van der Waals surface area contributed by atoms with Gasteiger partial charge in [-0.3, -0.25) is 4.79 Å². The second-order valence-electron chi connectivity index (χ2n) is 8.81. The SMILES string of the molecule is COC1CN(c2ccc(C(=O)NC(CO)CC(C)C)nc2OC[C@H]2C[C@@H]2COCF)C1. The molecule has 3 atom stereocenters. The maximum Gasteiger partial charge on any atom is 0.270 e. The lowest BCUT2D eigenvalue weighted by Gasteiger charge is -2.40. The number of nitrogens with zero attached hydrogens (tertiary/aromatic N) is 2. The third-order valence-corrected chi connectivity index (χ3v) is 5.82. The monoisotopic (exact) mass is 439 g/mol. The zero-order chi connectivity index (χ0) is 22.4. The van der Waals surface area contributed by atoms with Crippen LogP contribution >= 0.6 is 0 Å². The molecular formula is C22H34FN3O5. The van der Waals surface area contributed by atoms with Crippen LogP contribution in [-0.4, -0.2) is 75.0 Å². The van der Waals surface area contributed by atoms with E-state index < -0.39 is 6.86 Å². The van der Waals surface area contributed by atoms with Crippen LogP contribution in [0.4, 0.5) is 10.1 Å². The molecule has 0 aromatic carbocycles. The van der Waals surface area contributed by atoms with Gasteiger partial charge in [0.2, 0.25) is 5.88 Å². The molecule has 2 heterocycles. The summed E-state index contributed by atoms with van der Waals surface area (Å²) in [6.07, 6.45) is 1.78. The number of carbonyl (C=O) groups is 1. The highest BCUT2D eigenvalue weighted by Gasteiger charge is 2.38. The van der Waals surface area contributed by atoms with Gasteiger partial charge in [0.25, 0.3) is 5.91 Å². The van der Waals surface area contributed by atoms with Crippen LogP contribution in [0, 0.1) is 17.8 Å². The predicted molar refractivity (Wildman–Crippen MR) is 114 cm³/mol. The summed E-state index contributed by atoms with van der Waals surface area (Å²) in [6, 6.07) is 3.20. The molecule has 8 nitrogen and oxygen atoms in total. The minimum atomic E-state index is -0.770. The molecule has 0 radical (unpaired) electrons. The Balaban J connectivity index is 1.67. The summed E-state index contributed by atoms with van der Waals surface area (Å²) in [5.41, 5.74) is 1.07. The van der Waals surface area contributed by atoms with Gasteiger partial charge in [-0.1, -0.05) is 13.8 Å². The highest BCUT2D eigenvalue weighted by atomic mass is 19.1. The Bertz CT molecular complexity index is 729. The molecule has 1 unspecified atom stereocenters. The van der Waals surface area contributed by atoms with E-state index in [1.807, 2.05) is 19.9 Å². The largest absolute Gasteiger partial charge is 0.476 e. The molecule has 1 aliphatic heterocycles. The number of nitrogens with one attached hydrogen (secondary N) is 1. The molecular weight excluding hydrogens is 405 g/mol. The average molecular weight is 440 g/mol. The standard InChI is InChI=1S/C22H34FN3O5/c1-14(2)6-17(10-27)24-21(28)19-4-5-20(26-8-18(9-26)29-3)22(25-19)31-12-16-7-15(16)11-30-13-23/h4-5,14-18,27H,6-13H2,1-3H3,(H,24,28)/t15-,16-,17?/m1/s1. The molecule has 1 aromatic rings. The van der Waals surface area contributed by atoms with Crippen molar-refractivity contribution >= 4 is 11.6 Å². The van der Waals surface area contributed by atoms with Crippen LogP contribution in [0.3, 0.4) is 0 Å². The van der Waals surface area contributed by atoms with Crippen LogP contribution < -0.4 is 15.0 Å². The first-order chi connectivity index (χ1) is 14.9. The fraction of sp³-hybridized carbons (Fsp3) is 0.727. The number of hydrogen-bond acceptors (Lipinski definition) is 7. The predicted octanol–water partition coefficient (Wildman–Crippen LogP) is 2.01. The molecule has 3 rings (SSSR count). The molecule has 2 aliphatic rings. The van der Waals surface area contributed by atoms with E-state index >= 15 is 0 Å². The molecule has 2 fully saturated rings. The second-order valence-corrected chi connectivity index (χ2v) is 8.81. The number of aliphatic hydroxyl groups is 1. The molecule has 9 heteroatoms. The fourth-order valence-electron chi connectivity index (χ4n) is 3.80. The zero-order valence-corrected chi connectivity index (χ0v) is 18.6. The zero-order valence-electron chi connectivity index (χ0n) is 18.6. The van der Waals surface area contributed by atoms with Crippen molar-refractivity contribution in [2.24, 2.45) is 17.8 Å². The molecule has 1 saturated heterocycles. The van der Waals surface area contributed by atoms with Crippen molar-refractivity contribution in [2.45, 2.75) is 38.8 Å². The van der Waals surface area contributed by atoms with Crippen LogP contribution in [0.25, 0.3) is 0 Å². The highest BCUT2D eigenvalue weighted by Crippen LogP contribution is 2.40. The lowest BCUT2D eigenvalue weighted by atomic mass is 10.0. The van der Waals surface area contributed by atoms with Crippen molar-refractivity contribution in [2.75, 3.05) is 51.8 Å². The van der Waals surface area contributed by atoms with Gasteiger partial charge in [0.1, 0.15) is 11.4 Å². The molecule has 174 valence electrons. The Morgan fingerprint density at radius 3 is 2.71 bits per heavy atom. The van der Waals surface area contributed by atoms with E-state index in [0.29, 0.717) is 43.3 Å². The molecule has 1 saturated carbocycles. The maximum atomic E-state index is 12.7. The van der Waals surface area contributed by atoms with Gasteiger partial charge >= 0.3 is 0 Å². The average Bonchev–Trinajstić information content (AvgIpc) is 3.47. The number of methoxy groups -OCH3 is 1. The van der Waals surface area contributed by atoms with Gasteiger partial charge in [-0.05, 0) is 42.7 Å². The van der Waals surface area contributed by atoms with Gasteiger partial charge in [-0.2, -0.15) is 0 Å². The van der Waals surface area contributed by atoms with Gasteiger partial charge in [0.15, 0.2) is 6.86 Å². The van der Waals surface area contributed by atoms with Crippen molar-refractivity contribution in [1.29, 1.82) is 0 Å². The molecule has 0 bridgehead atoms. The second kappa shape index (κ2) is 11.1. The van der Waals surface area contributed by atoms with Crippen LogP contribution in [0.2, 0.25) is 0 Å². The minimum absolute atomic E-state index is 0.123. The van der Waals surface area contributed by atoms with E-state index in [1.54, 1.807) is 13.2 Å². The number of halogens is 1. The quantitative estimate of drug-likeness (QED) is 0.486. The van der Waals surface area contributed by atoms with Crippen molar-refractivity contribution < 1.29 is 28.5 Å². The van der Waals surface area contributed by atoms with Crippen LogP contribution in [0.5, 0.6) is 5.88 Å². The number of ether oxygens (including phenoxy) is 3. The Labute approximate surface area is 183 Å². The van der Waals surface area contributed by atoms with Crippen molar-refractivity contribution in [3.05, 3.63) is 17.8 Å². The number of hydrogen-bond donors (Lipinski definition) is 2. The lowest BCUT2D eigenvalue weighted by Crippen LogP contribution is -2.52. The number of aromatic nitrogens is 1. The highest BCUT2D eigenvalue weighted by molar-refractivity contribution is 5.93. The number of carbonyl (C=O) groups excluding carboxylic acids is 1. The maximum absolute atomic E-state index is 12.7. The van der Waals surface area contributed by atoms with E-state index in [1.165, 1.54) is 0 Å². The Morgan fingerprint density at radius 1 is 1.32 bits per heavy atom. The molecule has 0 spiro atoms. The van der Waals surface area contributed by atoms with Gasteiger partial charge < -0.3 is 29.5 Å². The summed E-state index contributed by atoms with van der Waals surface area (Å²) in [5.74, 6) is 1.01.